The van der Waals surface area contributed by atoms with Crippen LogP contribution >= 0.6 is 0 Å². The van der Waals surface area contributed by atoms with Crippen molar-refractivity contribution < 1.29 is 19.2 Å². The number of hydrogen-bond acceptors (Lipinski definition) is 4. The van der Waals surface area contributed by atoms with Gasteiger partial charge in [-0.05, 0) is 46.2 Å². The average molecular weight is 302 g/mol. The zero-order chi connectivity index (χ0) is 16.3. The summed E-state index contributed by atoms with van der Waals surface area (Å²) < 4.78 is 13.1. The Morgan fingerprint density at radius 1 is 1.27 bits per heavy atom. The maximum Gasteiger partial charge on any atom is 0.496 e. The molecule has 0 spiro atoms. The lowest BCUT2D eigenvalue weighted by molar-refractivity contribution is 0.00578. The Bertz CT molecular complexity index is 750. The predicted octanol–water partition coefficient (Wildman–Crippen LogP) is 2.17. The van der Waals surface area contributed by atoms with Gasteiger partial charge in [0.2, 0.25) is 0 Å². The number of aryl methyl sites for hydroxylation is 1. The van der Waals surface area contributed by atoms with E-state index >= 15 is 0 Å². The largest absolute Gasteiger partial charge is 0.496 e. The SMILES string of the molecule is Cc1cn(C(=O)O)c2ncc(B3OC(C)(C)C(C)(C)O3)cc12. The highest BCUT2D eigenvalue weighted by Crippen LogP contribution is 2.36. The molecule has 0 amide bonds. The minimum atomic E-state index is -1.05. The minimum absolute atomic E-state index is 0.422. The smallest absolute Gasteiger partial charge is 0.464 e. The number of carboxylic acid groups (broad SMARTS) is 1. The second-order valence-electron chi connectivity index (χ2n) is 6.69. The molecule has 7 heteroatoms. The number of aromatic nitrogens is 2. The van der Waals surface area contributed by atoms with Crippen molar-refractivity contribution in [2.24, 2.45) is 0 Å². The Labute approximate surface area is 129 Å². The van der Waals surface area contributed by atoms with Gasteiger partial charge in [0, 0.05) is 23.2 Å². The molecule has 0 aliphatic carbocycles. The van der Waals surface area contributed by atoms with Crippen LogP contribution in [0.1, 0.15) is 33.3 Å². The molecule has 3 heterocycles. The highest BCUT2D eigenvalue weighted by molar-refractivity contribution is 6.62. The zero-order valence-corrected chi connectivity index (χ0v) is 13.4. The molecule has 1 saturated heterocycles. The van der Waals surface area contributed by atoms with Crippen LogP contribution in [0.5, 0.6) is 0 Å². The summed E-state index contributed by atoms with van der Waals surface area (Å²) in [6.45, 7) is 9.82. The molecular formula is C15H19BN2O4. The Morgan fingerprint density at radius 3 is 2.41 bits per heavy atom. The number of hydrogen-bond donors (Lipinski definition) is 1. The van der Waals surface area contributed by atoms with Gasteiger partial charge < -0.3 is 14.4 Å². The number of rotatable bonds is 1. The van der Waals surface area contributed by atoms with Crippen LogP contribution in [0.4, 0.5) is 4.79 Å². The van der Waals surface area contributed by atoms with E-state index in [4.69, 9.17) is 9.31 Å². The van der Waals surface area contributed by atoms with Crippen LogP contribution in [0.3, 0.4) is 0 Å². The lowest BCUT2D eigenvalue weighted by Gasteiger charge is -2.32. The van der Waals surface area contributed by atoms with E-state index in [0.29, 0.717) is 5.65 Å². The quantitative estimate of drug-likeness (QED) is 0.817. The first-order chi connectivity index (χ1) is 10.1. The second-order valence-corrected chi connectivity index (χ2v) is 6.69. The van der Waals surface area contributed by atoms with E-state index in [1.807, 2.05) is 40.7 Å². The Kier molecular flexibility index (Phi) is 3.13. The van der Waals surface area contributed by atoms with Crippen molar-refractivity contribution in [3.8, 4) is 0 Å². The summed E-state index contributed by atoms with van der Waals surface area (Å²) in [5, 5.41) is 9.97. The molecule has 0 saturated carbocycles. The molecule has 0 unspecified atom stereocenters. The molecule has 116 valence electrons. The minimum Gasteiger partial charge on any atom is -0.464 e. The van der Waals surface area contributed by atoms with Crippen LogP contribution in [0.15, 0.2) is 18.5 Å². The average Bonchev–Trinajstić information content (AvgIpc) is 2.84. The molecule has 0 atom stereocenters. The molecule has 0 bridgehead atoms. The van der Waals surface area contributed by atoms with Crippen LogP contribution in [0, 0.1) is 6.92 Å². The molecule has 2 aromatic rings. The summed E-state index contributed by atoms with van der Waals surface area (Å²) in [6, 6.07) is 1.89. The van der Waals surface area contributed by atoms with Gasteiger partial charge >= 0.3 is 13.2 Å². The van der Waals surface area contributed by atoms with Crippen molar-refractivity contribution in [3.05, 3.63) is 24.0 Å². The van der Waals surface area contributed by atoms with E-state index in [2.05, 4.69) is 4.98 Å². The monoisotopic (exact) mass is 302 g/mol. The fourth-order valence-corrected chi connectivity index (χ4v) is 2.53. The van der Waals surface area contributed by atoms with E-state index in [0.717, 1.165) is 21.0 Å². The van der Waals surface area contributed by atoms with Gasteiger partial charge in [-0.2, -0.15) is 0 Å². The number of carbonyl (C=O) groups is 1. The third-order valence-corrected chi connectivity index (χ3v) is 4.60. The summed E-state index contributed by atoms with van der Waals surface area (Å²) in [7, 11) is -0.505. The van der Waals surface area contributed by atoms with Gasteiger partial charge in [-0.3, -0.25) is 0 Å². The van der Waals surface area contributed by atoms with Crippen LogP contribution in [-0.2, 0) is 9.31 Å². The molecule has 1 fully saturated rings. The zero-order valence-electron chi connectivity index (χ0n) is 13.4. The first kappa shape index (κ1) is 15.1. The van der Waals surface area contributed by atoms with Crippen LogP contribution in [0.25, 0.3) is 11.0 Å². The van der Waals surface area contributed by atoms with Gasteiger partial charge in [0.15, 0.2) is 0 Å². The normalized spacial score (nSPS) is 19.8. The van der Waals surface area contributed by atoms with Crippen molar-refractivity contribution in [2.75, 3.05) is 0 Å². The maximum absolute atomic E-state index is 11.2. The maximum atomic E-state index is 11.2. The van der Waals surface area contributed by atoms with Crippen molar-refractivity contribution in [2.45, 2.75) is 45.8 Å². The number of nitrogens with zero attached hydrogens (tertiary/aromatic N) is 2. The second kappa shape index (κ2) is 4.57. The number of pyridine rings is 1. The Balaban J connectivity index is 2.04. The molecule has 0 radical (unpaired) electrons. The van der Waals surface area contributed by atoms with Gasteiger partial charge in [-0.1, -0.05) is 0 Å². The molecule has 3 rings (SSSR count). The summed E-state index contributed by atoms with van der Waals surface area (Å²) in [5.41, 5.74) is 1.22. The first-order valence-electron chi connectivity index (χ1n) is 7.19. The molecule has 1 aliphatic heterocycles. The van der Waals surface area contributed by atoms with E-state index in [-0.39, 0.29) is 0 Å². The Morgan fingerprint density at radius 2 is 1.86 bits per heavy atom. The topological polar surface area (TPSA) is 73.6 Å². The van der Waals surface area contributed by atoms with Crippen molar-refractivity contribution in [1.82, 2.24) is 9.55 Å². The van der Waals surface area contributed by atoms with Gasteiger partial charge in [0.25, 0.3) is 0 Å². The lowest BCUT2D eigenvalue weighted by Crippen LogP contribution is -2.41. The van der Waals surface area contributed by atoms with Crippen molar-refractivity contribution in [1.29, 1.82) is 0 Å². The van der Waals surface area contributed by atoms with Crippen LogP contribution in [-0.4, -0.2) is 39.1 Å². The summed E-state index contributed by atoms with van der Waals surface area (Å²) in [6.07, 6.45) is 2.13. The molecule has 6 nitrogen and oxygen atoms in total. The Hall–Kier alpha value is -1.86. The first-order valence-corrected chi connectivity index (χ1v) is 7.19. The molecular weight excluding hydrogens is 283 g/mol. The third kappa shape index (κ3) is 2.12. The molecule has 2 aromatic heterocycles. The van der Waals surface area contributed by atoms with Crippen LogP contribution in [0.2, 0.25) is 0 Å². The highest BCUT2D eigenvalue weighted by atomic mass is 16.7. The van der Waals surface area contributed by atoms with Gasteiger partial charge in [-0.25, -0.2) is 14.3 Å². The fraction of sp³-hybridized carbons (Fsp3) is 0.467. The van der Waals surface area contributed by atoms with Crippen molar-refractivity contribution >= 4 is 29.7 Å². The van der Waals surface area contributed by atoms with Crippen LogP contribution < -0.4 is 5.46 Å². The lowest BCUT2D eigenvalue weighted by atomic mass is 9.80. The van der Waals surface area contributed by atoms with E-state index < -0.39 is 24.4 Å². The third-order valence-electron chi connectivity index (χ3n) is 4.60. The molecule has 1 aliphatic rings. The number of fused-ring (bicyclic) bond motifs is 1. The van der Waals surface area contributed by atoms with Gasteiger partial charge in [-0.15, -0.1) is 0 Å². The van der Waals surface area contributed by atoms with E-state index in [1.165, 1.54) is 0 Å². The van der Waals surface area contributed by atoms with Crippen molar-refractivity contribution in [3.63, 3.8) is 0 Å². The predicted molar refractivity (Wildman–Crippen MR) is 83.6 cm³/mol. The van der Waals surface area contributed by atoms with E-state index in [1.54, 1.807) is 12.4 Å². The summed E-state index contributed by atoms with van der Waals surface area (Å²) in [4.78, 5) is 15.5. The highest BCUT2D eigenvalue weighted by Gasteiger charge is 2.51. The summed E-state index contributed by atoms with van der Waals surface area (Å²) in [5.74, 6) is 0. The fourth-order valence-electron chi connectivity index (χ4n) is 2.53. The standard InChI is InChI=1S/C15H19BN2O4/c1-9-8-18(13(19)20)12-11(9)6-10(7-17-12)16-21-14(2,3)15(4,5)22-16/h6-8H,1-5H3,(H,19,20). The van der Waals surface area contributed by atoms with Gasteiger partial charge in [0.05, 0.1) is 11.2 Å². The van der Waals surface area contributed by atoms with Gasteiger partial charge in [0.1, 0.15) is 5.65 Å². The molecule has 1 N–H and O–H groups in total. The molecule has 22 heavy (non-hydrogen) atoms. The summed E-state index contributed by atoms with van der Waals surface area (Å²) >= 11 is 0. The van der Waals surface area contributed by atoms with E-state index in [9.17, 15) is 9.90 Å². The molecule has 0 aromatic carbocycles.